The van der Waals surface area contributed by atoms with Crippen molar-refractivity contribution < 1.29 is 14.0 Å². The van der Waals surface area contributed by atoms with Gasteiger partial charge in [0.25, 0.3) is 0 Å². The van der Waals surface area contributed by atoms with Crippen LogP contribution in [0, 0.1) is 12.7 Å². The van der Waals surface area contributed by atoms with Crippen molar-refractivity contribution in [2.75, 3.05) is 11.9 Å². The van der Waals surface area contributed by atoms with E-state index in [1.54, 1.807) is 18.2 Å². The molecule has 0 saturated heterocycles. The minimum atomic E-state index is -0.322. The predicted octanol–water partition coefficient (Wildman–Crippen LogP) is 3.58. The standard InChI is InChI=1S/C18H18BrFN2O2/c1-12-9-14(19)6-7-16(12)22-18(24)11-21-17(23)8-5-13-3-2-4-15(20)10-13/h2-4,6-7,9-10H,5,8,11H2,1H3,(H,21,23)(H,22,24). The lowest BCUT2D eigenvalue weighted by Gasteiger charge is -2.09. The van der Waals surface area contributed by atoms with E-state index < -0.39 is 0 Å². The van der Waals surface area contributed by atoms with Crippen LogP contribution in [0.3, 0.4) is 0 Å². The van der Waals surface area contributed by atoms with Crippen LogP contribution in [-0.4, -0.2) is 18.4 Å². The zero-order chi connectivity index (χ0) is 17.5. The monoisotopic (exact) mass is 392 g/mol. The van der Waals surface area contributed by atoms with Crippen molar-refractivity contribution >= 4 is 33.4 Å². The summed E-state index contributed by atoms with van der Waals surface area (Å²) in [5.41, 5.74) is 2.38. The molecule has 0 aliphatic rings. The quantitative estimate of drug-likeness (QED) is 0.788. The normalized spacial score (nSPS) is 10.3. The molecule has 2 N–H and O–H groups in total. The van der Waals surface area contributed by atoms with Crippen molar-refractivity contribution in [2.24, 2.45) is 0 Å². The number of carbonyl (C=O) groups is 2. The van der Waals surface area contributed by atoms with E-state index in [4.69, 9.17) is 0 Å². The highest BCUT2D eigenvalue weighted by Gasteiger charge is 2.08. The fourth-order valence-corrected chi connectivity index (χ4v) is 2.65. The van der Waals surface area contributed by atoms with Gasteiger partial charge in [-0.15, -0.1) is 0 Å². The lowest BCUT2D eigenvalue weighted by molar-refractivity contribution is -0.124. The molecule has 126 valence electrons. The molecule has 2 aromatic rings. The van der Waals surface area contributed by atoms with Crippen molar-refractivity contribution in [1.82, 2.24) is 5.32 Å². The van der Waals surface area contributed by atoms with Gasteiger partial charge >= 0.3 is 0 Å². The molecule has 0 fully saturated rings. The third kappa shape index (κ3) is 5.77. The zero-order valence-electron chi connectivity index (χ0n) is 13.2. The fourth-order valence-electron chi connectivity index (χ4n) is 2.18. The number of hydrogen-bond acceptors (Lipinski definition) is 2. The minimum absolute atomic E-state index is 0.0997. The number of halogens is 2. The number of benzene rings is 2. The molecule has 2 amide bonds. The van der Waals surface area contributed by atoms with Gasteiger partial charge in [-0.1, -0.05) is 28.1 Å². The number of hydrogen-bond donors (Lipinski definition) is 2. The van der Waals surface area contributed by atoms with Gasteiger partial charge in [0.2, 0.25) is 11.8 Å². The first-order chi connectivity index (χ1) is 11.4. The first kappa shape index (κ1) is 18.1. The fraction of sp³-hybridized carbons (Fsp3) is 0.222. The third-order valence-electron chi connectivity index (χ3n) is 3.44. The van der Waals surface area contributed by atoms with Crippen molar-refractivity contribution in [1.29, 1.82) is 0 Å². The van der Waals surface area contributed by atoms with Gasteiger partial charge in [-0.2, -0.15) is 0 Å². The Morgan fingerprint density at radius 1 is 1.12 bits per heavy atom. The van der Waals surface area contributed by atoms with Crippen LogP contribution in [0.15, 0.2) is 46.9 Å². The molecule has 24 heavy (non-hydrogen) atoms. The molecule has 0 saturated carbocycles. The van der Waals surface area contributed by atoms with Crippen LogP contribution in [0.1, 0.15) is 17.5 Å². The van der Waals surface area contributed by atoms with E-state index in [2.05, 4.69) is 26.6 Å². The summed E-state index contributed by atoms with van der Waals surface area (Å²) in [5.74, 6) is -0.862. The van der Waals surface area contributed by atoms with Gasteiger partial charge in [-0.05, 0) is 54.8 Å². The van der Waals surface area contributed by atoms with E-state index in [1.165, 1.54) is 12.1 Å². The summed E-state index contributed by atoms with van der Waals surface area (Å²) >= 11 is 3.36. The lowest BCUT2D eigenvalue weighted by atomic mass is 10.1. The molecule has 0 unspecified atom stereocenters. The summed E-state index contributed by atoms with van der Waals surface area (Å²) in [6.07, 6.45) is 0.630. The number of rotatable bonds is 6. The Kier molecular flexibility index (Phi) is 6.49. The summed E-state index contributed by atoms with van der Waals surface area (Å²) in [4.78, 5) is 23.7. The maximum atomic E-state index is 13.1. The van der Waals surface area contributed by atoms with E-state index in [-0.39, 0.29) is 30.6 Å². The van der Waals surface area contributed by atoms with Crippen LogP contribution in [0.5, 0.6) is 0 Å². The van der Waals surface area contributed by atoms with Crippen LogP contribution < -0.4 is 10.6 Å². The van der Waals surface area contributed by atoms with Crippen LogP contribution in [0.4, 0.5) is 10.1 Å². The highest BCUT2D eigenvalue weighted by atomic mass is 79.9. The highest BCUT2D eigenvalue weighted by Crippen LogP contribution is 2.19. The molecule has 0 atom stereocenters. The topological polar surface area (TPSA) is 58.2 Å². The van der Waals surface area contributed by atoms with E-state index in [0.717, 1.165) is 15.6 Å². The summed E-state index contributed by atoms with van der Waals surface area (Å²) in [7, 11) is 0. The first-order valence-corrected chi connectivity index (χ1v) is 8.30. The van der Waals surface area contributed by atoms with Gasteiger partial charge in [0, 0.05) is 16.6 Å². The van der Waals surface area contributed by atoms with Crippen molar-refractivity contribution in [3.8, 4) is 0 Å². The van der Waals surface area contributed by atoms with Gasteiger partial charge in [0.1, 0.15) is 5.82 Å². The van der Waals surface area contributed by atoms with Crippen molar-refractivity contribution in [2.45, 2.75) is 19.8 Å². The average molecular weight is 393 g/mol. The second-order valence-corrected chi connectivity index (χ2v) is 6.33. The summed E-state index contributed by atoms with van der Waals surface area (Å²) in [6.45, 7) is 1.79. The van der Waals surface area contributed by atoms with Gasteiger partial charge in [-0.3, -0.25) is 9.59 Å². The predicted molar refractivity (Wildman–Crippen MR) is 95.2 cm³/mol. The largest absolute Gasteiger partial charge is 0.347 e. The molecule has 6 heteroatoms. The molecule has 0 aromatic heterocycles. The van der Waals surface area contributed by atoms with Crippen molar-refractivity contribution in [3.63, 3.8) is 0 Å². The number of aryl methyl sites for hydroxylation is 2. The van der Waals surface area contributed by atoms with Gasteiger partial charge in [0.15, 0.2) is 0 Å². The molecule has 4 nitrogen and oxygen atoms in total. The van der Waals surface area contributed by atoms with Crippen LogP contribution in [0.25, 0.3) is 0 Å². The maximum Gasteiger partial charge on any atom is 0.243 e. The van der Waals surface area contributed by atoms with Crippen LogP contribution >= 0.6 is 15.9 Å². The van der Waals surface area contributed by atoms with E-state index in [1.807, 2.05) is 19.1 Å². The Hall–Kier alpha value is -2.21. The molecule has 0 heterocycles. The molecule has 0 bridgehead atoms. The van der Waals surface area contributed by atoms with Gasteiger partial charge in [-0.25, -0.2) is 4.39 Å². The van der Waals surface area contributed by atoms with Crippen LogP contribution in [-0.2, 0) is 16.0 Å². The Labute approximate surface area is 148 Å². The Balaban J connectivity index is 1.75. The Morgan fingerprint density at radius 2 is 1.92 bits per heavy atom. The maximum absolute atomic E-state index is 13.1. The molecular formula is C18H18BrFN2O2. The number of anilines is 1. The summed E-state index contributed by atoms with van der Waals surface area (Å²) in [5, 5.41) is 5.31. The van der Waals surface area contributed by atoms with E-state index in [9.17, 15) is 14.0 Å². The molecule has 0 aliphatic carbocycles. The Morgan fingerprint density at radius 3 is 2.62 bits per heavy atom. The van der Waals surface area contributed by atoms with E-state index >= 15 is 0 Å². The SMILES string of the molecule is Cc1cc(Br)ccc1NC(=O)CNC(=O)CCc1cccc(F)c1. The highest BCUT2D eigenvalue weighted by molar-refractivity contribution is 9.10. The number of carbonyl (C=O) groups excluding carboxylic acids is 2. The first-order valence-electron chi connectivity index (χ1n) is 7.51. The summed E-state index contributed by atoms with van der Waals surface area (Å²) in [6, 6.07) is 11.7. The number of nitrogens with one attached hydrogen (secondary N) is 2. The summed E-state index contributed by atoms with van der Waals surface area (Å²) < 4.78 is 14.0. The molecule has 2 aromatic carbocycles. The molecule has 0 spiro atoms. The van der Waals surface area contributed by atoms with E-state index in [0.29, 0.717) is 12.1 Å². The Bertz CT molecular complexity index is 750. The smallest absolute Gasteiger partial charge is 0.243 e. The average Bonchev–Trinajstić information content (AvgIpc) is 2.54. The van der Waals surface area contributed by atoms with Gasteiger partial charge in [0.05, 0.1) is 6.54 Å². The zero-order valence-corrected chi connectivity index (χ0v) is 14.8. The minimum Gasteiger partial charge on any atom is -0.347 e. The number of amides is 2. The molecular weight excluding hydrogens is 375 g/mol. The second kappa shape index (κ2) is 8.59. The van der Waals surface area contributed by atoms with Crippen LogP contribution in [0.2, 0.25) is 0 Å². The second-order valence-electron chi connectivity index (χ2n) is 5.41. The van der Waals surface area contributed by atoms with Crippen molar-refractivity contribution in [3.05, 3.63) is 63.9 Å². The molecule has 0 aliphatic heterocycles. The molecule has 0 radical (unpaired) electrons. The molecule has 2 rings (SSSR count). The van der Waals surface area contributed by atoms with Gasteiger partial charge < -0.3 is 10.6 Å². The third-order valence-corrected chi connectivity index (χ3v) is 3.93. The lowest BCUT2D eigenvalue weighted by Crippen LogP contribution is -2.33.